The molecule has 1 aromatic carbocycles. The van der Waals surface area contributed by atoms with Gasteiger partial charge in [0.05, 0.1) is 0 Å². The SMILES string of the molecule is CCNc1ccc(C)c(C)c1.Cl. The van der Waals surface area contributed by atoms with Crippen LogP contribution in [0.5, 0.6) is 0 Å². The van der Waals surface area contributed by atoms with Gasteiger partial charge in [0.15, 0.2) is 0 Å². The largest absolute Gasteiger partial charge is 0.385 e. The standard InChI is InChI=1S/C10H15N.ClH/c1-4-11-10-6-5-8(2)9(3)7-10;/h5-7,11H,4H2,1-3H3;1H. The predicted octanol–water partition coefficient (Wildman–Crippen LogP) is 3.16. The Hall–Kier alpha value is -0.690. The lowest BCUT2D eigenvalue weighted by molar-refractivity contribution is 1.20. The van der Waals surface area contributed by atoms with Crippen molar-refractivity contribution in [2.45, 2.75) is 20.8 Å². The number of anilines is 1. The Kier molecular flexibility index (Phi) is 4.75. The van der Waals surface area contributed by atoms with Crippen molar-refractivity contribution in [3.05, 3.63) is 29.3 Å². The van der Waals surface area contributed by atoms with E-state index in [1.165, 1.54) is 16.8 Å². The molecule has 0 aliphatic rings. The zero-order chi connectivity index (χ0) is 8.27. The maximum Gasteiger partial charge on any atom is 0.0342 e. The van der Waals surface area contributed by atoms with Gasteiger partial charge in [0.2, 0.25) is 0 Å². The van der Waals surface area contributed by atoms with Crippen LogP contribution in [0.25, 0.3) is 0 Å². The molecule has 1 rings (SSSR count). The summed E-state index contributed by atoms with van der Waals surface area (Å²) < 4.78 is 0. The van der Waals surface area contributed by atoms with E-state index in [9.17, 15) is 0 Å². The Bertz CT molecular complexity index is 246. The molecule has 0 unspecified atom stereocenters. The monoisotopic (exact) mass is 185 g/mol. The zero-order valence-electron chi connectivity index (χ0n) is 7.85. The van der Waals surface area contributed by atoms with Crippen LogP contribution in [-0.4, -0.2) is 6.54 Å². The Morgan fingerprint density at radius 3 is 2.33 bits per heavy atom. The maximum absolute atomic E-state index is 3.28. The van der Waals surface area contributed by atoms with Crippen molar-refractivity contribution in [2.24, 2.45) is 0 Å². The predicted molar refractivity (Wildman–Crippen MR) is 57.3 cm³/mol. The van der Waals surface area contributed by atoms with E-state index in [0.717, 1.165) is 6.54 Å². The second-order valence-electron chi connectivity index (χ2n) is 2.83. The fourth-order valence-corrected chi connectivity index (χ4v) is 1.06. The molecule has 0 spiro atoms. The summed E-state index contributed by atoms with van der Waals surface area (Å²) in [7, 11) is 0. The average Bonchev–Trinajstić information content (AvgIpc) is 1.98. The quantitative estimate of drug-likeness (QED) is 0.747. The highest BCUT2D eigenvalue weighted by atomic mass is 35.5. The first-order chi connectivity index (χ1) is 5.24. The van der Waals surface area contributed by atoms with Gasteiger partial charge < -0.3 is 5.32 Å². The number of hydrogen-bond donors (Lipinski definition) is 1. The molecule has 0 fully saturated rings. The van der Waals surface area contributed by atoms with Gasteiger partial charge in [0.25, 0.3) is 0 Å². The summed E-state index contributed by atoms with van der Waals surface area (Å²) in [4.78, 5) is 0. The van der Waals surface area contributed by atoms with E-state index in [1.54, 1.807) is 0 Å². The zero-order valence-corrected chi connectivity index (χ0v) is 8.66. The van der Waals surface area contributed by atoms with E-state index in [0.29, 0.717) is 0 Å². The Balaban J connectivity index is 0.00000121. The molecule has 0 bridgehead atoms. The summed E-state index contributed by atoms with van der Waals surface area (Å²) in [5, 5.41) is 3.28. The van der Waals surface area contributed by atoms with Gasteiger partial charge in [0.1, 0.15) is 0 Å². The molecule has 1 nitrogen and oxygen atoms in total. The summed E-state index contributed by atoms with van der Waals surface area (Å²) in [6.07, 6.45) is 0. The highest BCUT2D eigenvalue weighted by Crippen LogP contribution is 2.13. The molecule has 2 heteroatoms. The number of benzene rings is 1. The molecule has 0 radical (unpaired) electrons. The van der Waals surface area contributed by atoms with Crippen LogP contribution in [0.1, 0.15) is 18.1 Å². The van der Waals surface area contributed by atoms with E-state index in [4.69, 9.17) is 0 Å². The van der Waals surface area contributed by atoms with Crippen LogP contribution in [0.2, 0.25) is 0 Å². The van der Waals surface area contributed by atoms with Crippen LogP contribution in [0.3, 0.4) is 0 Å². The number of halogens is 1. The van der Waals surface area contributed by atoms with E-state index < -0.39 is 0 Å². The molecule has 0 saturated heterocycles. The second-order valence-corrected chi connectivity index (χ2v) is 2.83. The number of nitrogens with one attached hydrogen (secondary N) is 1. The topological polar surface area (TPSA) is 12.0 Å². The fraction of sp³-hybridized carbons (Fsp3) is 0.400. The summed E-state index contributed by atoms with van der Waals surface area (Å²) in [5.41, 5.74) is 3.92. The first kappa shape index (κ1) is 11.3. The molecule has 0 heterocycles. The van der Waals surface area contributed by atoms with E-state index in [2.05, 4.69) is 44.3 Å². The Labute approximate surface area is 80.6 Å². The van der Waals surface area contributed by atoms with Crippen molar-refractivity contribution in [2.75, 3.05) is 11.9 Å². The average molecular weight is 186 g/mol. The minimum Gasteiger partial charge on any atom is -0.385 e. The third-order valence-corrected chi connectivity index (χ3v) is 1.89. The lowest BCUT2D eigenvalue weighted by atomic mass is 10.1. The van der Waals surface area contributed by atoms with Crippen molar-refractivity contribution in [3.8, 4) is 0 Å². The molecule has 0 aliphatic heterocycles. The minimum absolute atomic E-state index is 0. The van der Waals surface area contributed by atoms with Crippen LogP contribution >= 0.6 is 12.4 Å². The van der Waals surface area contributed by atoms with E-state index in [1.807, 2.05) is 0 Å². The van der Waals surface area contributed by atoms with Crippen LogP contribution in [-0.2, 0) is 0 Å². The highest BCUT2D eigenvalue weighted by Gasteiger charge is 1.92. The van der Waals surface area contributed by atoms with Gasteiger partial charge in [0, 0.05) is 12.2 Å². The maximum atomic E-state index is 3.28. The molecular formula is C10H16ClN. The molecule has 12 heavy (non-hydrogen) atoms. The van der Waals surface area contributed by atoms with Crippen LogP contribution in [0.15, 0.2) is 18.2 Å². The van der Waals surface area contributed by atoms with Gasteiger partial charge in [-0.25, -0.2) is 0 Å². The van der Waals surface area contributed by atoms with Gasteiger partial charge in [-0.1, -0.05) is 6.07 Å². The third kappa shape index (κ3) is 2.74. The lowest BCUT2D eigenvalue weighted by Gasteiger charge is -2.05. The minimum atomic E-state index is 0. The van der Waals surface area contributed by atoms with Gasteiger partial charge in [-0.05, 0) is 44.0 Å². The Morgan fingerprint density at radius 1 is 1.17 bits per heavy atom. The second kappa shape index (κ2) is 5.04. The molecule has 68 valence electrons. The van der Waals surface area contributed by atoms with Crippen molar-refractivity contribution < 1.29 is 0 Å². The van der Waals surface area contributed by atoms with Crippen LogP contribution in [0, 0.1) is 13.8 Å². The molecule has 1 aromatic rings. The van der Waals surface area contributed by atoms with Crippen molar-refractivity contribution >= 4 is 18.1 Å². The summed E-state index contributed by atoms with van der Waals surface area (Å²) >= 11 is 0. The molecule has 1 N–H and O–H groups in total. The van der Waals surface area contributed by atoms with E-state index >= 15 is 0 Å². The lowest BCUT2D eigenvalue weighted by Crippen LogP contribution is -1.96. The van der Waals surface area contributed by atoms with Gasteiger partial charge in [-0.3, -0.25) is 0 Å². The number of rotatable bonds is 2. The summed E-state index contributed by atoms with van der Waals surface area (Å²) in [6, 6.07) is 6.44. The number of aryl methyl sites for hydroxylation is 2. The first-order valence-electron chi connectivity index (χ1n) is 4.05. The van der Waals surface area contributed by atoms with Crippen molar-refractivity contribution in [1.29, 1.82) is 0 Å². The fourth-order valence-electron chi connectivity index (χ4n) is 1.06. The van der Waals surface area contributed by atoms with E-state index in [-0.39, 0.29) is 12.4 Å². The van der Waals surface area contributed by atoms with Crippen LogP contribution < -0.4 is 5.32 Å². The van der Waals surface area contributed by atoms with Crippen molar-refractivity contribution in [3.63, 3.8) is 0 Å². The molecular weight excluding hydrogens is 170 g/mol. The molecule has 0 aromatic heterocycles. The van der Waals surface area contributed by atoms with Gasteiger partial charge in [-0.2, -0.15) is 0 Å². The van der Waals surface area contributed by atoms with Crippen molar-refractivity contribution in [1.82, 2.24) is 0 Å². The first-order valence-corrected chi connectivity index (χ1v) is 4.05. The smallest absolute Gasteiger partial charge is 0.0342 e. The molecule has 0 atom stereocenters. The molecule has 0 amide bonds. The molecule has 0 aliphatic carbocycles. The van der Waals surface area contributed by atoms with Gasteiger partial charge >= 0.3 is 0 Å². The summed E-state index contributed by atoms with van der Waals surface area (Å²) in [6.45, 7) is 7.36. The normalized spacial score (nSPS) is 8.92. The summed E-state index contributed by atoms with van der Waals surface area (Å²) in [5.74, 6) is 0. The molecule has 0 saturated carbocycles. The van der Waals surface area contributed by atoms with Crippen LogP contribution in [0.4, 0.5) is 5.69 Å². The van der Waals surface area contributed by atoms with Gasteiger partial charge in [-0.15, -0.1) is 12.4 Å². The highest BCUT2D eigenvalue weighted by molar-refractivity contribution is 5.85. The third-order valence-electron chi connectivity index (χ3n) is 1.89. The Morgan fingerprint density at radius 2 is 1.83 bits per heavy atom. The number of hydrogen-bond acceptors (Lipinski definition) is 1.